The van der Waals surface area contributed by atoms with Crippen molar-refractivity contribution in [1.29, 1.82) is 0 Å². The Kier molecular flexibility index (Phi) is 4.82. The normalized spacial score (nSPS) is 12.6. The lowest BCUT2D eigenvalue weighted by Crippen LogP contribution is -2.18. The van der Waals surface area contributed by atoms with Crippen LogP contribution in [0.4, 0.5) is 0 Å². The van der Waals surface area contributed by atoms with E-state index in [1.54, 1.807) is 12.1 Å². The summed E-state index contributed by atoms with van der Waals surface area (Å²) in [4.78, 5) is 0. The van der Waals surface area contributed by atoms with Crippen molar-refractivity contribution in [3.8, 4) is 0 Å². The van der Waals surface area contributed by atoms with Crippen LogP contribution < -0.4 is 10.8 Å². The van der Waals surface area contributed by atoms with E-state index in [1.807, 2.05) is 12.1 Å². The molecule has 0 saturated heterocycles. The summed E-state index contributed by atoms with van der Waals surface area (Å²) in [5.41, 5.74) is 1.74. The molecule has 0 bridgehead atoms. The van der Waals surface area contributed by atoms with Gasteiger partial charge in [0.25, 0.3) is 0 Å². The minimum atomic E-state index is -2.21. The van der Waals surface area contributed by atoms with Crippen molar-refractivity contribution in [3.63, 3.8) is 0 Å². The molecule has 1 atom stereocenters. The van der Waals surface area contributed by atoms with Crippen LogP contribution >= 0.6 is 0 Å². The van der Waals surface area contributed by atoms with Gasteiger partial charge in [-0.3, -0.25) is 14.1 Å². The standard InChI is InChI=1S/C8H10BNO3S/c9-8-3-1-7(2-4-8)5-10-6-13-14(11)12/h1-4,10H,5-6H2,(H,11,12). The van der Waals surface area contributed by atoms with E-state index >= 15 is 0 Å². The molecule has 1 unspecified atom stereocenters. The number of rotatable bonds is 5. The molecule has 0 aromatic heterocycles. The third-order valence-electron chi connectivity index (χ3n) is 1.57. The maximum Gasteiger partial charge on any atom is 0.303 e. The average molecular weight is 211 g/mol. The fourth-order valence-electron chi connectivity index (χ4n) is 0.923. The molecule has 0 aliphatic heterocycles. The quantitative estimate of drug-likeness (QED) is 0.303. The number of hydrogen-bond acceptors (Lipinski definition) is 3. The zero-order chi connectivity index (χ0) is 10.4. The molecular weight excluding hydrogens is 201 g/mol. The molecule has 0 spiro atoms. The fourth-order valence-corrected chi connectivity index (χ4v) is 1.11. The molecule has 0 fully saturated rings. The van der Waals surface area contributed by atoms with Crippen molar-refractivity contribution in [2.24, 2.45) is 0 Å². The first-order valence-electron chi connectivity index (χ1n) is 3.98. The van der Waals surface area contributed by atoms with Crippen molar-refractivity contribution in [2.75, 3.05) is 6.73 Å². The summed E-state index contributed by atoms with van der Waals surface area (Å²) in [6, 6.07) is 7.33. The predicted octanol–water partition coefficient (Wildman–Crippen LogP) is -0.319. The van der Waals surface area contributed by atoms with E-state index < -0.39 is 11.4 Å². The lowest BCUT2D eigenvalue weighted by Gasteiger charge is -2.03. The van der Waals surface area contributed by atoms with Crippen molar-refractivity contribution >= 4 is 24.7 Å². The van der Waals surface area contributed by atoms with Crippen LogP contribution in [0.2, 0.25) is 0 Å². The second-order valence-corrected chi connectivity index (χ2v) is 3.32. The van der Waals surface area contributed by atoms with E-state index in [-0.39, 0.29) is 6.73 Å². The summed E-state index contributed by atoms with van der Waals surface area (Å²) in [5.74, 6) is 0. The molecule has 0 heterocycles. The van der Waals surface area contributed by atoms with Crippen LogP contribution in [0, 0.1) is 0 Å². The first-order chi connectivity index (χ1) is 6.68. The second kappa shape index (κ2) is 5.92. The van der Waals surface area contributed by atoms with Gasteiger partial charge in [-0.05, 0) is 5.56 Å². The van der Waals surface area contributed by atoms with Crippen molar-refractivity contribution in [1.82, 2.24) is 5.32 Å². The Morgan fingerprint density at radius 2 is 2.07 bits per heavy atom. The molecule has 0 amide bonds. The van der Waals surface area contributed by atoms with Gasteiger partial charge in [0.2, 0.25) is 0 Å². The van der Waals surface area contributed by atoms with Gasteiger partial charge in [-0.15, -0.1) is 0 Å². The first-order valence-corrected chi connectivity index (χ1v) is 5.01. The van der Waals surface area contributed by atoms with E-state index in [0.29, 0.717) is 12.0 Å². The molecule has 2 radical (unpaired) electrons. The Hall–Kier alpha value is -0.685. The Labute approximate surface area is 86.6 Å². The largest absolute Gasteiger partial charge is 0.303 e. The lowest BCUT2D eigenvalue weighted by molar-refractivity contribution is 0.277. The van der Waals surface area contributed by atoms with Gasteiger partial charge in [-0.25, -0.2) is 0 Å². The third kappa shape index (κ3) is 4.52. The Morgan fingerprint density at radius 3 is 2.64 bits per heavy atom. The van der Waals surface area contributed by atoms with Gasteiger partial charge < -0.3 is 0 Å². The summed E-state index contributed by atoms with van der Waals surface area (Å²) in [7, 11) is 5.50. The molecule has 4 nitrogen and oxygen atoms in total. The zero-order valence-corrected chi connectivity index (χ0v) is 8.29. The molecular formula is C8H10BNO3S. The summed E-state index contributed by atoms with van der Waals surface area (Å²) < 4.78 is 22.7. The molecule has 0 aliphatic carbocycles. The molecule has 0 saturated carbocycles. The first kappa shape index (κ1) is 11.4. The minimum absolute atomic E-state index is 0.0352. The topological polar surface area (TPSA) is 58.6 Å². The van der Waals surface area contributed by atoms with Crippen LogP contribution in [-0.4, -0.2) is 23.3 Å². The Morgan fingerprint density at radius 1 is 1.43 bits per heavy atom. The van der Waals surface area contributed by atoms with Gasteiger partial charge in [0.15, 0.2) is 0 Å². The fraction of sp³-hybridized carbons (Fsp3) is 0.250. The molecule has 14 heavy (non-hydrogen) atoms. The van der Waals surface area contributed by atoms with E-state index in [0.717, 1.165) is 5.56 Å². The lowest BCUT2D eigenvalue weighted by atomic mass is 9.95. The van der Waals surface area contributed by atoms with Crippen LogP contribution in [0.25, 0.3) is 0 Å². The van der Waals surface area contributed by atoms with Gasteiger partial charge in [0.05, 0.1) is 0 Å². The summed E-state index contributed by atoms with van der Waals surface area (Å²) in [5, 5.41) is 2.84. The smallest absolute Gasteiger partial charge is 0.289 e. The van der Waals surface area contributed by atoms with Crippen LogP contribution in [0.1, 0.15) is 5.56 Å². The minimum Gasteiger partial charge on any atom is -0.289 e. The monoisotopic (exact) mass is 211 g/mol. The molecule has 74 valence electrons. The highest BCUT2D eigenvalue weighted by Crippen LogP contribution is 1.95. The third-order valence-corrected chi connectivity index (χ3v) is 1.89. The number of nitrogens with one attached hydrogen (secondary N) is 1. The van der Waals surface area contributed by atoms with Crippen molar-refractivity contribution in [2.45, 2.75) is 6.54 Å². The molecule has 0 aliphatic rings. The maximum atomic E-state index is 10.1. The van der Waals surface area contributed by atoms with E-state index in [1.165, 1.54) is 0 Å². The maximum absolute atomic E-state index is 10.1. The van der Waals surface area contributed by atoms with Crippen LogP contribution in [0.3, 0.4) is 0 Å². The van der Waals surface area contributed by atoms with Gasteiger partial charge in [0, 0.05) is 6.54 Å². The predicted molar refractivity (Wildman–Crippen MR) is 55.4 cm³/mol. The van der Waals surface area contributed by atoms with Gasteiger partial charge >= 0.3 is 11.4 Å². The molecule has 2 N–H and O–H groups in total. The van der Waals surface area contributed by atoms with Gasteiger partial charge in [0.1, 0.15) is 14.6 Å². The van der Waals surface area contributed by atoms with E-state index in [2.05, 4.69) is 9.50 Å². The van der Waals surface area contributed by atoms with E-state index in [9.17, 15) is 4.21 Å². The summed E-state index contributed by atoms with van der Waals surface area (Å²) in [6.07, 6.45) is 0. The molecule has 1 aromatic carbocycles. The average Bonchev–Trinajstić information content (AvgIpc) is 2.15. The highest BCUT2D eigenvalue weighted by Gasteiger charge is 1.94. The highest BCUT2D eigenvalue weighted by atomic mass is 32.2. The Balaban J connectivity index is 2.25. The van der Waals surface area contributed by atoms with Crippen LogP contribution in [-0.2, 0) is 22.1 Å². The molecule has 1 rings (SSSR count). The summed E-state index contributed by atoms with van der Waals surface area (Å²) >= 11 is -2.21. The van der Waals surface area contributed by atoms with Crippen molar-refractivity contribution < 1.29 is 12.9 Å². The van der Waals surface area contributed by atoms with Crippen molar-refractivity contribution in [3.05, 3.63) is 29.8 Å². The van der Waals surface area contributed by atoms with Gasteiger partial charge in [-0.1, -0.05) is 29.7 Å². The van der Waals surface area contributed by atoms with Crippen LogP contribution in [0.5, 0.6) is 0 Å². The summed E-state index contributed by atoms with van der Waals surface area (Å²) in [6.45, 7) is 0.602. The van der Waals surface area contributed by atoms with Gasteiger partial charge in [-0.2, -0.15) is 4.21 Å². The number of benzene rings is 1. The Bertz CT molecular complexity index is 304. The highest BCUT2D eigenvalue weighted by molar-refractivity contribution is 7.74. The van der Waals surface area contributed by atoms with Crippen LogP contribution in [0.15, 0.2) is 24.3 Å². The van der Waals surface area contributed by atoms with E-state index in [4.69, 9.17) is 12.4 Å². The second-order valence-electron chi connectivity index (χ2n) is 2.65. The SMILES string of the molecule is [B]c1ccc(CNCOS(=O)O)cc1. The molecule has 6 heteroatoms. The number of hydrogen-bond donors (Lipinski definition) is 2. The zero-order valence-electron chi connectivity index (χ0n) is 7.47. The molecule has 1 aromatic rings.